The summed E-state index contributed by atoms with van der Waals surface area (Å²) in [5, 5.41) is 10.3. The van der Waals surface area contributed by atoms with Crippen LogP contribution in [0.5, 0.6) is 0 Å². The van der Waals surface area contributed by atoms with E-state index in [0.29, 0.717) is 11.5 Å². The lowest BCUT2D eigenvalue weighted by Crippen LogP contribution is -2.21. The molecule has 1 N–H and O–H groups in total. The van der Waals surface area contributed by atoms with E-state index in [1.807, 2.05) is 0 Å². The Bertz CT molecular complexity index is 397. The zero-order valence-electron chi connectivity index (χ0n) is 11.4. The van der Waals surface area contributed by atoms with Crippen molar-refractivity contribution in [1.82, 2.24) is 0 Å². The highest BCUT2D eigenvalue weighted by molar-refractivity contribution is 5.21. The summed E-state index contributed by atoms with van der Waals surface area (Å²) < 4.78 is 26.4. The molecule has 1 fully saturated rings. The van der Waals surface area contributed by atoms with Gasteiger partial charge in [-0.1, -0.05) is 32.6 Å². The lowest BCUT2D eigenvalue weighted by atomic mass is 9.76. The zero-order valence-corrected chi connectivity index (χ0v) is 11.4. The molecule has 0 aromatic heterocycles. The van der Waals surface area contributed by atoms with Gasteiger partial charge in [0.1, 0.15) is 11.6 Å². The average molecular weight is 268 g/mol. The van der Waals surface area contributed by atoms with Gasteiger partial charge in [0.05, 0.1) is 6.10 Å². The molecule has 0 unspecified atom stereocenters. The van der Waals surface area contributed by atoms with E-state index in [2.05, 4.69) is 6.92 Å². The number of hydrogen-bond acceptors (Lipinski definition) is 1. The molecule has 19 heavy (non-hydrogen) atoms. The minimum absolute atomic E-state index is 0.131. The molecule has 0 amide bonds. The molecule has 0 radical (unpaired) electrons. The second-order valence-electron chi connectivity index (χ2n) is 5.73. The van der Waals surface area contributed by atoms with Crippen molar-refractivity contribution in [1.29, 1.82) is 0 Å². The first-order valence-electron chi connectivity index (χ1n) is 7.24. The maximum atomic E-state index is 13.2. The van der Waals surface area contributed by atoms with Gasteiger partial charge in [-0.25, -0.2) is 8.78 Å². The summed E-state index contributed by atoms with van der Waals surface area (Å²) >= 11 is 0. The number of aliphatic hydroxyl groups excluding tert-OH is 1. The molecule has 0 spiro atoms. The van der Waals surface area contributed by atoms with Crippen LogP contribution in [0, 0.1) is 23.5 Å². The first-order chi connectivity index (χ1) is 9.10. The molecule has 0 saturated heterocycles. The van der Waals surface area contributed by atoms with E-state index in [9.17, 15) is 13.9 Å². The zero-order chi connectivity index (χ0) is 13.8. The van der Waals surface area contributed by atoms with Crippen LogP contribution in [0.1, 0.15) is 57.1 Å². The molecular formula is C16H22F2O. The molecule has 1 saturated carbocycles. The summed E-state index contributed by atoms with van der Waals surface area (Å²) in [6.45, 7) is 2.17. The lowest BCUT2D eigenvalue weighted by Gasteiger charge is -2.32. The summed E-state index contributed by atoms with van der Waals surface area (Å²) in [5.74, 6) is -0.451. The number of hydrogen-bond donors (Lipinski definition) is 1. The van der Waals surface area contributed by atoms with Gasteiger partial charge >= 0.3 is 0 Å². The van der Waals surface area contributed by atoms with Gasteiger partial charge in [-0.15, -0.1) is 0 Å². The second-order valence-corrected chi connectivity index (χ2v) is 5.73. The molecule has 1 aliphatic rings. The Kier molecular flexibility index (Phi) is 4.92. The van der Waals surface area contributed by atoms with E-state index in [1.165, 1.54) is 25.0 Å². The van der Waals surface area contributed by atoms with Gasteiger partial charge in [0.15, 0.2) is 0 Å². The van der Waals surface area contributed by atoms with E-state index >= 15 is 0 Å². The molecule has 2 rings (SSSR count). The summed E-state index contributed by atoms with van der Waals surface area (Å²) in [6.07, 6.45) is 5.82. The number of halogens is 2. The quantitative estimate of drug-likeness (QED) is 0.845. The van der Waals surface area contributed by atoms with Gasteiger partial charge in [-0.2, -0.15) is 0 Å². The third kappa shape index (κ3) is 3.75. The predicted octanol–water partition coefficient (Wildman–Crippen LogP) is 4.60. The fourth-order valence-corrected chi connectivity index (χ4v) is 3.31. The van der Waals surface area contributed by atoms with Gasteiger partial charge < -0.3 is 5.11 Å². The summed E-state index contributed by atoms with van der Waals surface area (Å²) in [4.78, 5) is 0. The highest BCUT2D eigenvalue weighted by atomic mass is 19.1. The minimum atomic E-state index is -0.746. The van der Waals surface area contributed by atoms with Crippen LogP contribution in [0.2, 0.25) is 0 Å². The Morgan fingerprint density at radius 1 is 1.21 bits per heavy atom. The van der Waals surface area contributed by atoms with Crippen LogP contribution in [0.15, 0.2) is 18.2 Å². The number of rotatable bonds is 4. The SMILES string of the molecule is CCC[C@H]1CCC[C@H]([C@@H](O)c2cc(F)cc(F)c2)C1. The van der Waals surface area contributed by atoms with Crippen molar-refractivity contribution < 1.29 is 13.9 Å². The van der Waals surface area contributed by atoms with Crippen molar-refractivity contribution in [3.05, 3.63) is 35.4 Å². The van der Waals surface area contributed by atoms with E-state index in [0.717, 1.165) is 31.7 Å². The molecule has 3 heteroatoms. The van der Waals surface area contributed by atoms with Crippen molar-refractivity contribution in [2.45, 2.75) is 51.6 Å². The maximum Gasteiger partial charge on any atom is 0.126 e. The Morgan fingerprint density at radius 2 is 1.89 bits per heavy atom. The van der Waals surface area contributed by atoms with Crippen molar-refractivity contribution in [2.75, 3.05) is 0 Å². The molecule has 0 bridgehead atoms. The minimum Gasteiger partial charge on any atom is -0.388 e. The van der Waals surface area contributed by atoms with Gasteiger partial charge in [-0.05, 0) is 42.4 Å². The molecule has 1 nitrogen and oxygen atoms in total. The predicted molar refractivity (Wildman–Crippen MR) is 71.7 cm³/mol. The fourth-order valence-electron chi connectivity index (χ4n) is 3.31. The standard InChI is InChI=1S/C16H22F2O/c1-2-4-11-5-3-6-12(7-11)16(19)13-8-14(17)10-15(18)9-13/h8-12,16,19H,2-7H2,1H3/t11-,12-,16+/m0/s1. The molecule has 1 aliphatic carbocycles. The van der Waals surface area contributed by atoms with E-state index in [1.54, 1.807) is 0 Å². The van der Waals surface area contributed by atoms with E-state index in [-0.39, 0.29) is 5.92 Å². The lowest BCUT2D eigenvalue weighted by molar-refractivity contribution is 0.0663. The molecular weight excluding hydrogens is 246 g/mol. The maximum absolute atomic E-state index is 13.2. The van der Waals surface area contributed by atoms with Gasteiger partial charge in [0.2, 0.25) is 0 Å². The fraction of sp³-hybridized carbons (Fsp3) is 0.625. The highest BCUT2D eigenvalue weighted by Crippen LogP contribution is 2.39. The van der Waals surface area contributed by atoms with Crippen molar-refractivity contribution >= 4 is 0 Å². The summed E-state index contributed by atoms with van der Waals surface area (Å²) in [7, 11) is 0. The second kappa shape index (κ2) is 6.47. The normalized spacial score (nSPS) is 25.3. The van der Waals surface area contributed by atoms with Crippen molar-refractivity contribution in [2.24, 2.45) is 11.8 Å². The molecule has 1 aromatic rings. The van der Waals surface area contributed by atoms with Crippen LogP contribution >= 0.6 is 0 Å². The van der Waals surface area contributed by atoms with Crippen LogP contribution in [-0.4, -0.2) is 5.11 Å². The monoisotopic (exact) mass is 268 g/mol. The summed E-state index contributed by atoms with van der Waals surface area (Å²) in [5.41, 5.74) is 0.375. The smallest absolute Gasteiger partial charge is 0.126 e. The van der Waals surface area contributed by atoms with Crippen LogP contribution in [0.25, 0.3) is 0 Å². The molecule has 1 aromatic carbocycles. The first kappa shape index (κ1) is 14.4. The average Bonchev–Trinajstić information content (AvgIpc) is 2.37. The molecule has 0 aliphatic heterocycles. The van der Waals surface area contributed by atoms with E-state index < -0.39 is 17.7 Å². The number of aliphatic hydroxyl groups is 1. The Morgan fingerprint density at radius 3 is 2.53 bits per heavy atom. The third-order valence-corrected chi connectivity index (χ3v) is 4.19. The molecule has 106 valence electrons. The van der Waals surface area contributed by atoms with Crippen LogP contribution in [-0.2, 0) is 0 Å². The van der Waals surface area contributed by atoms with Crippen molar-refractivity contribution in [3.63, 3.8) is 0 Å². The van der Waals surface area contributed by atoms with Crippen LogP contribution in [0.3, 0.4) is 0 Å². The number of benzene rings is 1. The summed E-state index contributed by atoms with van der Waals surface area (Å²) in [6, 6.07) is 3.34. The van der Waals surface area contributed by atoms with E-state index in [4.69, 9.17) is 0 Å². The molecule has 0 heterocycles. The Labute approximate surface area is 113 Å². The largest absolute Gasteiger partial charge is 0.388 e. The third-order valence-electron chi connectivity index (χ3n) is 4.19. The molecule has 3 atom stereocenters. The van der Waals surface area contributed by atoms with Crippen LogP contribution < -0.4 is 0 Å². The Balaban J connectivity index is 2.07. The van der Waals surface area contributed by atoms with Crippen LogP contribution in [0.4, 0.5) is 8.78 Å². The topological polar surface area (TPSA) is 20.2 Å². The van der Waals surface area contributed by atoms with Crippen molar-refractivity contribution in [3.8, 4) is 0 Å². The first-order valence-corrected chi connectivity index (χ1v) is 7.24. The highest BCUT2D eigenvalue weighted by Gasteiger charge is 2.28. The van der Waals surface area contributed by atoms with Gasteiger partial charge in [-0.3, -0.25) is 0 Å². The Hall–Kier alpha value is -0.960. The van der Waals surface area contributed by atoms with Gasteiger partial charge in [0, 0.05) is 6.07 Å². The van der Waals surface area contributed by atoms with Gasteiger partial charge in [0.25, 0.3) is 0 Å².